The molecule has 4 aromatic rings. The number of para-hydroxylation sites is 3. The van der Waals surface area contributed by atoms with Crippen molar-refractivity contribution in [3.63, 3.8) is 0 Å². The minimum atomic E-state index is -0.0610. The molecule has 0 atom stereocenters. The summed E-state index contributed by atoms with van der Waals surface area (Å²) in [5, 5.41) is 2.98. The molecule has 0 saturated heterocycles. The molecule has 4 rings (SSSR count). The third-order valence-corrected chi connectivity index (χ3v) is 4.82. The number of imidazole rings is 1. The lowest BCUT2D eigenvalue weighted by molar-refractivity contribution is -0.121. The molecule has 3 aromatic carbocycles. The van der Waals surface area contributed by atoms with Gasteiger partial charge in [-0.15, -0.1) is 0 Å². The predicted molar refractivity (Wildman–Crippen MR) is 114 cm³/mol. The van der Waals surface area contributed by atoms with Crippen molar-refractivity contribution in [1.29, 1.82) is 0 Å². The van der Waals surface area contributed by atoms with E-state index >= 15 is 0 Å². The van der Waals surface area contributed by atoms with Crippen LogP contribution in [0.2, 0.25) is 0 Å². The van der Waals surface area contributed by atoms with Gasteiger partial charge >= 0.3 is 0 Å². The van der Waals surface area contributed by atoms with Crippen LogP contribution in [0.5, 0.6) is 5.75 Å². The number of hydrogen-bond donors (Lipinski definition) is 1. The average Bonchev–Trinajstić information content (AvgIpc) is 3.10. The van der Waals surface area contributed by atoms with Gasteiger partial charge in [0.15, 0.2) is 0 Å². The van der Waals surface area contributed by atoms with Gasteiger partial charge < -0.3 is 14.6 Å². The van der Waals surface area contributed by atoms with Crippen molar-refractivity contribution in [1.82, 2.24) is 14.9 Å². The molecule has 0 radical (unpaired) electrons. The fourth-order valence-corrected chi connectivity index (χ4v) is 3.27. The Hall–Kier alpha value is -3.60. The highest BCUT2D eigenvalue weighted by molar-refractivity contribution is 5.81. The monoisotopic (exact) mass is 385 g/mol. The first-order valence-electron chi connectivity index (χ1n) is 9.64. The lowest BCUT2D eigenvalue weighted by Gasteiger charge is -2.12. The van der Waals surface area contributed by atoms with E-state index in [4.69, 9.17) is 4.74 Å². The highest BCUT2D eigenvalue weighted by Gasteiger charge is 2.14. The normalized spacial score (nSPS) is 10.8. The zero-order valence-electron chi connectivity index (χ0n) is 16.3. The van der Waals surface area contributed by atoms with Gasteiger partial charge in [-0.3, -0.25) is 4.79 Å². The molecule has 1 aromatic heterocycles. The first kappa shape index (κ1) is 18.7. The van der Waals surface area contributed by atoms with E-state index in [2.05, 4.69) is 10.3 Å². The Labute approximate surface area is 170 Å². The van der Waals surface area contributed by atoms with Crippen molar-refractivity contribution in [2.45, 2.75) is 26.6 Å². The Morgan fingerprint density at radius 2 is 1.69 bits per heavy atom. The lowest BCUT2D eigenvalue weighted by Crippen LogP contribution is -2.28. The maximum absolute atomic E-state index is 12.6. The molecule has 5 nitrogen and oxygen atoms in total. The van der Waals surface area contributed by atoms with Gasteiger partial charge in [0.05, 0.1) is 11.0 Å². The third kappa shape index (κ3) is 4.46. The summed E-state index contributed by atoms with van der Waals surface area (Å²) in [4.78, 5) is 17.3. The van der Waals surface area contributed by atoms with Crippen LogP contribution in [0.3, 0.4) is 0 Å². The fraction of sp³-hybridized carbons (Fsp3) is 0.167. The fourth-order valence-electron chi connectivity index (χ4n) is 3.27. The van der Waals surface area contributed by atoms with E-state index in [-0.39, 0.29) is 12.5 Å². The molecule has 0 spiro atoms. The molecule has 0 saturated carbocycles. The summed E-state index contributed by atoms with van der Waals surface area (Å²) >= 11 is 0. The molecular formula is C24H23N3O2. The summed E-state index contributed by atoms with van der Waals surface area (Å²) in [6.45, 7) is 3.00. The molecule has 5 heteroatoms. The Kier molecular flexibility index (Phi) is 5.56. The minimum absolute atomic E-state index is 0.0610. The van der Waals surface area contributed by atoms with Gasteiger partial charge in [0.1, 0.15) is 24.7 Å². The Morgan fingerprint density at radius 1 is 0.966 bits per heavy atom. The van der Waals surface area contributed by atoms with Crippen molar-refractivity contribution in [3.8, 4) is 5.75 Å². The molecule has 0 aliphatic carbocycles. The number of aryl methyl sites for hydroxylation is 1. The molecule has 0 bridgehead atoms. The van der Waals surface area contributed by atoms with Gasteiger partial charge in [-0.2, -0.15) is 0 Å². The molecule has 0 unspecified atom stereocenters. The number of rotatable bonds is 7. The molecule has 29 heavy (non-hydrogen) atoms. The summed E-state index contributed by atoms with van der Waals surface area (Å²) in [7, 11) is 0. The van der Waals surface area contributed by atoms with Crippen molar-refractivity contribution in [3.05, 3.63) is 95.8 Å². The molecule has 0 fully saturated rings. The molecule has 1 heterocycles. The quantitative estimate of drug-likeness (QED) is 0.518. The summed E-state index contributed by atoms with van der Waals surface area (Å²) < 4.78 is 7.91. The van der Waals surface area contributed by atoms with Gasteiger partial charge in [-0.1, -0.05) is 60.7 Å². The van der Waals surface area contributed by atoms with Crippen LogP contribution in [-0.2, 0) is 24.5 Å². The van der Waals surface area contributed by atoms with Gasteiger partial charge in [0, 0.05) is 6.54 Å². The van der Waals surface area contributed by atoms with E-state index in [0.717, 1.165) is 33.7 Å². The Balaban J connectivity index is 1.51. The number of amides is 1. The number of aromatic nitrogens is 2. The second-order valence-electron chi connectivity index (χ2n) is 6.92. The summed E-state index contributed by atoms with van der Waals surface area (Å²) in [5.74, 6) is 1.48. The summed E-state index contributed by atoms with van der Waals surface area (Å²) in [6, 6.07) is 25.6. The number of carbonyl (C=O) groups is 1. The van der Waals surface area contributed by atoms with E-state index in [1.165, 1.54) is 0 Å². The number of fused-ring (bicyclic) bond motifs is 1. The average molecular weight is 385 g/mol. The zero-order valence-corrected chi connectivity index (χ0v) is 16.3. The number of ether oxygens (including phenoxy) is 1. The van der Waals surface area contributed by atoms with Crippen molar-refractivity contribution < 1.29 is 9.53 Å². The standard InChI is InChI=1S/C24H23N3O2/c1-18-9-5-8-14-22(18)29-17-23-26-20-12-6-7-13-21(20)27(23)16-24(28)25-15-19-10-3-2-4-11-19/h2-14H,15-17H2,1H3,(H,25,28). The van der Waals surface area contributed by atoms with E-state index in [1.807, 2.05) is 90.4 Å². The van der Waals surface area contributed by atoms with Crippen LogP contribution in [0.15, 0.2) is 78.9 Å². The van der Waals surface area contributed by atoms with E-state index < -0.39 is 0 Å². The van der Waals surface area contributed by atoms with Crippen LogP contribution in [0.1, 0.15) is 17.0 Å². The third-order valence-electron chi connectivity index (χ3n) is 4.82. The molecule has 146 valence electrons. The second-order valence-corrected chi connectivity index (χ2v) is 6.92. The predicted octanol–water partition coefficient (Wildman–Crippen LogP) is 4.24. The van der Waals surface area contributed by atoms with Crippen molar-refractivity contribution in [2.75, 3.05) is 0 Å². The van der Waals surface area contributed by atoms with Crippen LogP contribution in [-0.4, -0.2) is 15.5 Å². The highest BCUT2D eigenvalue weighted by atomic mass is 16.5. The smallest absolute Gasteiger partial charge is 0.240 e. The molecular weight excluding hydrogens is 362 g/mol. The first-order chi connectivity index (χ1) is 14.2. The molecule has 0 aliphatic heterocycles. The molecule has 0 aliphatic rings. The summed E-state index contributed by atoms with van der Waals surface area (Å²) in [6.07, 6.45) is 0. The largest absolute Gasteiger partial charge is 0.485 e. The zero-order chi connectivity index (χ0) is 20.1. The van der Waals surface area contributed by atoms with E-state index in [9.17, 15) is 4.79 Å². The number of hydrogen-bond acceptors (Lipinski definition) is 3. The maximum atomic E-state index is 12.6. The minimum Gasteiger partial charge on any atom is -0.485 e. The van der Waals surface area contributed by atoms with Crippen LogP contribution in [0, 0.1) is 6.92 Å². The Bertz CT molecular complexity index is 1120. The van der Waals surface area contributed by atoms with E-state index in [1.54, 1.807) is 0 Å². The lowest BCUT2D eigenvalue weighted by atomic mass is 10.2. The van der Waals surface area contributed by atoms with Gasteiger partial charge in [-0.05, 0) is 36.2 Å². The van der Waals surface area contributed by atoms with Crippen molar-refractivity contribution in [2.24, 2.45) is 0 Å². The second kappa shape index (κ2) is 8.61. The number of carbonyl (C=O) groups excluding carboxylic acids is 1. The van der Waals surface area contributed by atoms with Crippen LogP contribution in [0.4, 0.5) is 0 Å². The van der Waals surface area contributed by atoms with Crippen molar-refractivity contribution >= 4 is 16.9 Å². The SMILES string of the molecule is Cc1ccccc1OCc1nc2ccccc2n1CC(=O)NCc1ccccc1. The van der Waals surface area contributed by atoms with Crippen LogP contribution >= 0.6 is 0 Å². The molecule has 1 N–H and O–H groups in total. The summed E-state index contributed by atoms with van der Waals surface area (Å²) in [5.41, 5.74) is 3.91. The first-order valence-corrected chi connectivity index (χ1v) is 9.64. The van der Waals surface area contributed by atoms with Crippen LogP contribution < -0.4 is 10.1 Å². The van der Waals surface area contributed by atoms with Gasteiger partial charge in [-0.25, -0.2) is 4.98 Å². The maximum Gasteiger partial charge on any atom is 0.240 e. The molecule has 1 amide bonds. The number of nitrogens with one attached hydrogen (secondary N) is 1. The number of benzene rings is 3. The van der Waals surface area contributed by atoms with Gasteiger partial charge in [0.25, 0.3) is 0 Å². The van der Waals surface area contributed by atoms with Gasteiger partial charge in [0.2, 0.25) is 5.91 Å². The van der Waals surface area contributed by atoms with E-state index in [0.29, 0.717) is 13.2 Å². The highest BCUT2D eigenvalue weighted by Crippen LogP contribution is 2.20. The number of nitrogens with zero attached hydrogens (tertiary/aromatic N) is 2. The Morgan fingerprint density at radius 3 is 2.52 bits per heavy atom. The topological polar surface area (TPSA) is 56.2 Å². The van der Waals surface area contributed by atoms with Crippen LogP contribution in [0.25, 0.3) is 11.0 Å².